The molecule has 108 valence electrons. The molecule has 0 bridgehead atoms. The molecular formula is C13H22N2O2S2. The third-order valence-corrected chi connectivity index (χ3v) is 5.72. The molecule has 0 amide bonds. The summed E-state index contributed by atoms with van der Waals surface area (Å²) in [6.45, 7) is 6.26. The van der Waals surface area contributed by atoms with Gasteiger partial charge in [-0.15, -0.1) is 0 Å². The highest BCUT2D eigenvalue weighted by Gasteiger charge is 2.16. The van der Waals surface area contributed by atoms with Gasteiger partial charge in [-0.1, -0.05) is 6.92 Å². The molecule has 0 saturated carbocycles. The van der Waals surface area contributed by atoms with Crippen LogP contribution in [0.4, 0.5) is 5.69 Å². The van der Waals surface area contributed by atoms with E-state index < -0.39 is 10.0 Å². The fourth-order valence-corrected chi connectivity index (χ4v) is 3.13. The maximum absolute atomic E-state index is 12.1. The number of rotatable bonds is 6. The summed E-state index contributed by atoms with van der Waals surface area (Å²) >= 11 is 1.72. The van der Waals surface area contributed by atoms with Crippen molar-refractivity contribution in [3.05, 3.63) is 23.3 Å². The van der Waals surface area contributed by atoms with Gasteiger partial charge in [0.05, 0.1) is 4.90 Å². The number of hydrogen-bond acceptors (Lipinski definition) is 4. The number of aryl methyl sites for hydroxylation is 1. The zero-order valence-electron chi connectivity index (χ0n) is 11.9. The van der Waals surface area contributed by atoms with Crippen LogP contribution >= 0.6 is 11.8 Å². The van der Waals surface area contributed by atoms with E-state index in [0.29, 0.717) is 17.5 Å². The van der Waals surface area contributed by atoms with Crippen LogP contribution in [0.1, 0.15) is 24.5 Å². The molecule has 0 saturated heterocycles. The van der Waals surface area contributed by atoms with Crippen molar-refractivity contribution in [1.82, 2.24) is 4.72 Å². The summed E-state index contributed by atoms with van der Waals surface area (Å²) in [6, 6.07) is 3.18. The number of thioether (sulfide) groups is 1. The van der Waals surface area contributed by atoms with Crippen molar-refractivity contribution in [2.75, 3.05) is 18.5 Å². The number of nitrogens with one attached hydrogen (secondary N) is 1. The van der Waals surface area contributed by atoms with E-state index in [4.69, 9.17) is 5.73 Å². The van der Waals surface area contributed by atoms with Gasteiger partial charge in [0.1, 0.15) is 0 Å². The minimum atomic E-state index is -3.47. The van der Waals surface area contributed by atoms with E-state index in [0.717, 1.165) is 17.5 Å². The average molecular weight is 302 g/mol. The molecule has 6 heteroatoms. The van der Waals surface area contributed by atoms with E-state index in [-0.39, 0.29) is 4.90 Å². The highest BCUT2D eigenvalue weighted by molar-refractivity contribution is 7.99. The van der Waals surface area contributed by atoms with Gasteiger partial charge in [-0.25, -0.2) is 13.1 Å². The van der Waals surface area contributed by atoms with E-state index in [1.54, 1.807) is 17.8 Å². The molecule has 1 aromatic rings. The van der Waals surface area contributed by atoms with Crippen LogP contribution in [0.5, 0.6) is 0 Å². The molecule has 19 heavy (non-hydrogen) atoms. The molecule has 0 aliphatic heterocycles. The van der Waals surface area contributed by atoms with Gasteiger partial charge in [0.25, 0.3) is 0 Å². The monoisotopic (exact) mass is 302 g/mol. The highest BCUT2D eigenvalue weighted by Crippen LogP contribution is 2.21. The topological polar surface area (TPSA) is 72.2 Å². The van der Waals surface area contributed by atoms with Crippen LogP contribution in [-0.2, 0) is 10.0 Å². The Balaban J connectivity index is 2.83. The first-order valence-corrected chi connectivity index (χ1v) is 8.94. The van der Waals surface area contributed by atoms with Gasteiger partial charge in [0, 0.05) is 17.5 Å². The Morgan fingerprint density at radius 2 is 2.00 bits per heavy atom. The molecule has 1 unspecified atom stereocenters. The average Bonchev–Trinajstić information content (AvgIpc) is 2.34. The van der Waals surface area contributed by atoms with Gasteiger partial charge < -0.3 is 5.73 Å². The molecule has 1 aromatic carbocycles. The summed E-state index contributed by atoms with van der Waals surface area (Å²) in [5.74, 6) is 0. The Hall–Kier alpha value is -0.720. The Bertz CT molecular complexity index is 519. The molecule has 0 radical (unpaired) electrons. The summed E-state index contributed by atoms with van der Waals surface area (Å²) in [7, 11) is -3.47. The number of nitrogen functional groups attached to an aromatic ring is 1. The van der Waals surface area contributed by atoms with Crippen LogP contribution in [0.25, 0.3) is 0 Å². The van der Waals surface area contributed by atoms with Crippen LogP contribution in [0.15, 0.2) is 17.0 Å². The third-order valence-electron chi connectivity index (χ3n) is 3.24. The molecule has 0 fully saturated rings. The van der Waals surface area contributed by atoms with Gasteiger partial charge in [-0.2, -0.15) is 11.8 Å². The van der Waals surface area contributed by atoms with Gasteiger partial charge in [-0.05, 0) is 49.8 Å². The highest BCUT2D eigenvalue weighted by atomic mass is 32.2. The molecule has 0 spiro atoms. The van der Waals surface area contributed by atoms with Crippen LogP contribution in [0.3, 0.4) is 0 Å². The number of anilines is 1. The minimum absolute atomic E-state index is 0.241. The van der Waals surface area contributed by atoms with E-state index in [2.05, 4.69) is 11.6 Å². The van der Waals surface area contributed by atoms with Crippen molar-refractivity contribution in [3.63, 3.8) is 0 Å². The molecular weight excluding hydrogens is 280 g/mol. The smallest absolute Gasteiger partial charge is 0.240 e. The van der Waals surface area contributed by atoms with Crippen molar-refractivity contribution in [3.8, 4) is 0 Å². The van der Waals surface area contributed by atoms with Gasteiger partial charge in [0.15, 0.2) is 0 Å². The first-order chi connectivity index (χ1) is 8.77. The second-order valence-electron chi connectivity index (χ2n) is 4.69. The predicted molar refractivity (Wildman–Crippen MR) is 83.1 cm³/mol. The molecule has 0 aliphatic rings. The maximum Gasteiger partial charge on any atom is 0.240 e. The molecule has 0 aliphatic carbocycles. The lowest BCUT2D eigenvalue weighted by Gasteiger charge is -2.12. The van der Waals surface area contributed by atoms with Crippen LogP contribution in [0.2, 0.25) is 0 Å². The van der Waals surface area contributed by atoms with E-state index in [1.165, 1.54) is 6.07 Å². The van der Waals surface area contributed by atoms with Gasteiger partial charge in [0.2, 0.25) is 10.0 Å². The summed E-state index contributed by atoms with van der Waals surface area (Å²) in [5, 5.41) is 0.438. The molecule has 3 N–H and O–H groups in total. The van der Waals surface area contributed by atoms with Crippen molar-refractivity contribution in [1.29, 1.82) is 0 Å². The zero-order chi connectivity index (χ0) is 14.6. The van der Waals surface area contributed by atoms with Gasteiger partial charge >= 0.3 is 0 Å². The number of nitrogens with two attached hydrogens (primary N) is 1. The van der Waals surface area contributed by atoms with Crippen molar-refractivity contribution >= 4 is 27.5 Å². The van der Waals surface area contributed by atoms with E-state index >= 15 is 0 Å². The quantitative estimate of drug-likeness (QED) is 0.791. The summed E-state index contributed by atoms with van der Waals surface area (Å²) in [5.41, 5.74) is 8.15. The van der Waals surface area contributed by atoms with Crippen molar-refractivity contribution in [2.45, 2.75) is 37.3 Å². The summed E-state index contributed by atoms with van der Waals surface area (Å²) in [4.78, 5) is 0.241. The Morgan fingerprint density at radius 3 is 2.53 bits per heavy atom. The SMILES string of the molecule is CSC(C)CCNS(=O)(=O)c1cc(C)c(C)c(N)c1. The lowest BCUT2D eigenvalue weighted by atomic mass is 10.1. The Labute approximate surface area is 120 Å². The normalized spacial score (nSPS) is 13.5. The second-order valence-corrected chi connectivity index (χ2v) is 7.73. The predicted octanol–water partition coefficient (Wildman–Crippen LogP) is 2.31. The molecule has 4 nitrogen and oxygen atoms in total. The maximum atomic E-state index is 12.1. The van der Waals surface area contributed by atoms with E-state index in [9.17, 15) is 8.42 Å². The Morgan fingerprint density at radius 1 is 1.37 bits per heavy atom. The number of benzene rings is 1. The number of sulfonamides is 1. The molecule has 0 heterocycles. The van der Waals surface area contributed by atoms with Gasteiger partial charge in [-0.3, -0.25) is 0 Å². The lowest BCUT2D eigenvalue weighted by molar-refractivity contribution is 0.579. The molecule has 1 rings (SSSR count). The zero-order valence-corrected chi connectivity index (χ0v) is 13.5. The van der Waals surface area contributed by atoms with Crippen molar-refractivity contribution in [2.24, 2.45) is 0 Å². The third kappa shape index (κ3) is 4.40. The van der Waals surface area contributed by atoms with Crippen LogP contribution < -0.4 is 10.5 Å². The van der Waals surface area contributed by atoms with Crippen LogP contribution in [-0.4, -0.2) is 26.5 Å². The molecule has 1 atom stereocenters. The van der Waals surface area contributed by atoms with Crippen LogP contribution in [0, 0.1) is 13.8 Å². The standard InChI is InChI=1S/C13H22N2O2S2/c1-9-7-12(8-13(14)11(9)3)19(16,17)15-6-5-10(2)18-4/h7-8,10,15H,5-6,14H2,1-4H3. The largest absolute Gasteiger partial charge is 0.398 e. The Kier molecular flexibility index (Phi) is 5.70. The first-order valence-electron chi connectivity index (χ1n) is 6.17. The lowest BCUT2D eigenvalue weighted by Crippen LogP contribution is -2.26. The fraction of sp³-hybridized carbons (Fsp3) is 0.538. The number of hydrogen-bond donors (Lipinski definition) is 2. The minimum Gasteiger partial charge on any atom is -0.398 e. The second kappa shape index (κ2) is 6.63. The summed E-state index contributed by atoms with van der Waals surface area (Å²) in [6.07, 6.45) is 2.82. The summed E-state index contributed by atoms with van der Waals surface area (Å²) < 4.78 is 26.9. The first kappa shape index (κ1) is 16.3. The van der Waals surface area contributed by atoms with Crippen molar-refractivity contribution < 1.29 is 8.42 Å². The fourth-order valence-electron chi connectivity index (χ4n) is 1.61. The van der Waals surface area contributed by atoms with E-state index in [1.807, 2.05) is 20.1 Å². The molecule has 0 aromatic heterocycles.